The Kier molecular flexibility index (Phi) is 5.40. The highest BCUT2D eigenvalue weighted by Crippen LogP contribution is 2.13. The van der Waals surface area contributed by atoms with E-state index in [2.05, 4.69) is 26.3 Å². The minimum absolute atomic E-state index is 0.287. The molecule has 1 aliphatic heterocycles. The molecule has 0 saturated carbocycles. The van der Waals surface area contributed by atoms with E-state index in [-0.39, 0.29) is 5.75 Å². The third-order valence-corrected chi connectivity index (χ3v) is 5.13. The van der Waals surface area contributed by atoms with Crippen LogP contribution in [0.2, 0.25) is 0 Å². The first-order valence-electron chi connectivity index (χ1n) is 7.45. The van der Waals surface area contributed by atoms with E-state index < -0.39 is 9.84 Å². The Morgan fingerprint density at radius 1 is 1.38 bits per heavy atom. The molecule has 0 aliphatic carbocycles. The largest absolute Gasteiger partial charge is 0.337 e. The van der Waals surface area contributed by atoms with Gasteiger partial charge in [0, 0.05) is 51.4 Å². The lowest BCUT2D eigenvalue weighted by molar-refractivity contribution is 0.0753. The van der Waals surface area contributed by atoms with Crippen LogP contribution in [-0.2, 0) is 23.4 Å². The Hall–Kier alpha value is -0.920. The van der Waals surface area contributed by atoms with Gasteiger partial charge in [0.05, 0.1) is 12.3 Å². The summed E-state index contributed by atoms with van der Waals surface area (Å²) in [5, 5.41) is 0. The molecule has 7 heteroatoms. The lowest BCUT2D eigenvalue weighted by atomic mass is 10.2. The highest BCUT2D eigenvalue weighted by molar-refractivity contribution is 7.90. The predicted molar refractivity (Wildman–Crippen MR) is 83.8 cm³/mol. The highest BCUT2D eigenvalue weighted by atomic mass is 32.2. The fourth-order valence-corrected chi connectivity index (χ4v) is 3.44. The number of piperazine rings is 1. The molecule has 1 saturated heterocycles. The molecule has 2 heterocycles. The Labute approximate surface area is 127 Å². The first-order valence-corrected chi connectivity index (χ1v) is 9.51. The van der Waals surface area contributed by atoms with Crippen molar-refractivity contribution in [3.8, 4) is 0 Å². The van der Waals surface area contributed by atoms with Gasteiger partial charge in [0.15, 0.2) is 0 Å². The smallest absolute Gasteiger partial charge is 0.147 e. The molecule has 120 valence electrons. The molecule has 1 aromatic rings. The summed E-state index contributed by atoms with van der Waals surface area (Å²) in [6.07, 6.45) is 5.84. The predicted octanol–water partition coefficient (Wildman–Crippen LogP) is 0.361. The summed E-state index contributed by atoms with van der Waals surface area (Å²) in [5.41, 5.74) is 0. The van der Waals surface area contributed by atoms with Gasteiger partial charge in [0.2, 0.25) is 0 Å². The van der Waals surface area contributed by atoms with Crippen LogP contribution >= 0.6 is 0 Å². The molecule has 1 fully saturated rings. The second kappa shape index (κ2) is 6.89. The van der Waals surface area contributed by atoms with E-state index in [1.165, 1.54) is 6.26 Å². The van der Waals surface area contributed by atoms with Crippen LogP contribution < -0.4 is 0 Å². The van der Waals surface area contributed by atoms with Crippen LogP contribution in [0.5, 0.6) is 0 Å². The molecule has 0 amide bonds. The average molecular weight is 314 g/mol. The number of aromatic nitrogens is 2. The van der Waals surface area contributed by atoms with E-state index >= 15 is 0 Å². The lowest BCUT2D eigenvalue weighted by Gasteiger charge is -2.39. The molecule has 0 N–H and O–H groups in total. The van der Waals surface area contributed by atoms with Crippen molar-refractivity contribution >= 4 is 9.84 Å². The SMILES string of the molecule is CC1CN(CCCS(C)(=O)=O)CCN1Cc1nccn1C. The topological polar surface area (TPSA) is 58.4 Å². The fourth-order valence-electron chi connectivity index (χ4n) is 2.79. The molecule has 1 atom stereocenters. The number of rotatable bonds is 6. The molecule has 0 bridgehead atoms. The number of imidazole rings is 1. The van der Waals surface area contributed by atoms with Gasteiger partial charge in [0.1, 0.15) is 15.7 Å². The molecule has 6 nitrogen and oxygen atoms in total. The number of hydrogen-bond donors (Lipinski definition) is 0. The van der Waals surface area contributed by atoms with Crippen LogP contribution in [0.15, 0.2) is 12.4 Å². The zero-order valence-electron chi connectivity index (χ0n) is 13.2. The summed E-state index contributed by atoms with van der Waals surface area (Å²) in [4.78, 5) is 9.19. The zero-order valence-corrected chi connectivity index (χ0v) is 14.0. The minimum atomic E-state index is -2.84. The Balaban J connectivity index is 1.78. The van der Waals surface area contributed by atoms with Gasteiger partial charge >= 0.3 is 0 Å². The van der Waals surface area contributed by atoms with E-state index in [1.54, 1.807) is 0 Å². The Bertz CT molecular complexity index is 555. The summed E-state index contributed by atoms with van der Waals surface area (Å²) in [7, 11) is -0.814. The van der Waals surface area contributed by atoms with Crippen molar-refractivity contribution in [3.05, 3.63) is 18.2 Å². The summed E-state index contributed by atoms with van der Waals surface area (Å²) in [6.45, 7) is 6.97. The van der Waals surface area contributed by atoms with Gasteiger partial charge in [-0.2, -0.15) is 0 Å². The van der Waals surface area contributed by atoms with Gasteiger partial charge in [-0.1, -0.05) is 0 Å². The van der Waals surface area contributed by atoms with Gasteiger partial charge in [-0.15, -0.1) is 0 Å². The maximum Gasteiger partial charge on any atom is 0.147 e. The molecule has 0 spiro atoms. The number of sulfone groups is 1. The zero-order chi connectivity index (χ0) is 15.5. The molecule has 1 unspecified atom stereocenters. The van der Waals surface area contributed by atoms with Crippen molar-refractivity contribution in [2.75, 3.05) is 38.2 Å². The Morgan fingerprint density at radius 3 is 2.71 bits per heavy atom. The standard InChI is InChI=1S/C14H26N4O2S/c1-13-11-17(6-4-10-21(3,19)20)8-9-18(13)12-14-15-5-7-16(14)2/h5,7,13H,4,6,8-12H2,1-3H3. The molecule has 21 heavy (non-hydrogen) atoms. The van der Waals surface area contributed by atoms with Crippen molar-refractivity contribution in [2.24, 2.45) is 7.05 Å². The molecular weight excluding hydrogens is 288 g/mol. The van der Waals surface area contributed by atoms with Gasteiger partial charge in [-0.05, 0) is 19.9 Å². The number of hydrogen-bond acceptors (Lipinski definition) is 5. The second-order valence-corrected chi connectivity index (χ2v) is 8.32. The maximum absolute atomic E-state index is 11.2. The maximum atomic E-state index is 11.2. The summed E-state index contributed by atoms with van der Waals surface area (Å²) >= 11 is 0. The van der Waals surface area contributed by atoms with E-state index in [4.69, 9.17) is 0 Å². The number of aryl methyl sites for hydroxylation is 1. The van der Waals surface area contributed by atoms with Crippen LogP contribution in [0, 0.1) is 0 Å². The van der Waals surface area contributed by atoms with Crippen molar-refractivity contribution < 1.29 is 8.42 Å². The van der Waals surface area contributed by atoms with Crippen molar-refractivity contribution in [3.63, 3.8) is 0 Å². The summed E-state index contributed by atoms with van der Waals surface area (Å²) < 4.78 is 24.4. The first-order chi connectivity index (χ1) is 9.85. The van der Waals surface area contributed by atoms with Crippen LogP contribution in [0.25, 0.3) is 0 Å². The van der Waals surface area contributed by atoms with Crippen molar-refractivity contribution in [1.82, 2.24) is 19.4 Å². The monoisotopic (exact) mass is 314 g/mol. The molecule has 1 aliphatic rings. The minimum Gasteiger partial charge on any atom is -0.337 e. The molecule has 0 aromatic carbocycles. The van der Waals surface area contributed by atoms with Crippen molar-refractivity contribution in [1.29, 1.82) is 0 Å². The van der Waals surface area contributed by atoms with Crippen LogP contribution in [0.4, 0.5) is 0 Å². The summed E-state index contributed by atoms with van der Waals surface area (Å²) in [6, 6.07) is 0.466. The van der Waals surface area contributed by atoms with Crippen LogP contribution in [-0.4, -0.2) is 72.0 Å². The molecule has 1 aromatic heterocycles. The summed E-state index contributed by atoms with van der Waals surface area (Å²) in [5.74, 6) is 1.38. The van der Waals surface area contributed by atoms with Gasteiger partial charge in [0.25, 0.3) is 0 Å². The normalized spacial score (nSPS) is 21.8. The van der Waals surface area contributed by atoms with Crippen molar-refractivity contribution in [2.45, 2.75) is 25.9 Å². The third-order valence-electron chi connectivity index (χ3n) is 4.10. The van der Waals surface area contributed by atoms with Gasteiger partial charge in [-0.25, -0.2) is 13.4 Å². The Morgan fingerprint density at radius 2 is 2.14 bits per heavy atom. The van der Waals surface area contributed by atoms with E-state index in [0.29, 0.717) is 6.04 Å². The first kappa shape index (κ1) is 16.5. The lowest BCUT2D eigenvalue weighted by Crippen LogP contribution is -2.51. The van der Waals surface area contributed by atoms with E-state index in [0.717, 1.165) is 45.0 Å². The highest BCUT2D eigenvalue weighted by Gasteiger charge is 2.24. The van der Waals surface area contributed by atoms with Crippen LogP contribution in [0.3, 0.4) is 0 Å². The molecular formula is C14H26N4O2S. The van der Waals surface area contributed by atoms with E-state index in [9.17, 15) is 8.42 Å². The fraction of sp³-hybridized carbons (Fsp3) is 0.786. The molecule has 0 radical (unpaired) electrons. The van der Waals surface area contributed by atoms with Gasteiger partial charge < -0.3 is 9.47 Å². The number of nitrogens with zero attached hydrogens (tertiary/aromatic N) is 4. The average Bonchev–Trinajstić information content (AvgIpc) is 2.77. The van der Waals surface area contributed by atoms with Crippen LogP contribution in [0.1, 0.15) is 19.2 Å². The van der Waals surface area contributed by atoms with E-state index in [1.807, 2.05) is 19.4 Å². The van der Waals surface area contributed by atoms with Gasteiger partial charge in [-0.3, -0.25) is 4.90 Å². The third kappa shape index (κ3) is 5.09. The second-order valence-electron chi connectivity index (χ2n) is 6.06. The quantitative estimate of drug-likeness (QED) is 0.759. The molecule has 2 rings (SSSR count).